The van der Waals surface area contributed by atoms with Gasteiger partial charge in [-0.25, -0.2) is 14.8 Å². The predicted octanol–water partition coefficient (Wildman–Crippen LogP) is 4.99. The van der Waals surface area contributed by atoms with Gasteiger partial charge in [0.1, 0.15) is 11.6 Å². The third-order valence-electron chi connectivity index (χ3n) is 6.20. The quantitative estimate of drug-likeness (QED) is 0.603. The van der Waals surface area contributed by atoms with E-state index in [1.807, 2.05) is 36.1 Å². The number of anilines is 2. The van der Waals surface area contributed by atoms with Gasteiger partial charge in [0.15, 0.2) is 0 Å². The molecule has 0 radical (unpaired) electrons. The number of hydrogen-bond acceptors (Lipinski definition) is 4. The van der Waals surface area contributed by atoms with Gasteiger partial charge in [0.05, 0.1) is 0 Å². The standard InChI is InChI=1S/C27H33N5O/c1-4-22-12-8-13-24(18-22)30-27(33)32-15-9-14-31(16-17-32)26-25(20(2)28-21(3)29-26)19-23-10-6-5-7-11-23/h5-8,10-13,18H,4,9,14-17,19H2,1-3H3,(H,30,33). The van der Waals surface area contributed by atoms with Gasteiger partial charge >= 0.3 is 6.03 Å². The van der Waals surface area contributed by atoms with Crippen molar-refractivity contribution >= 4 is 17.5 Å². The molecule has 1 aliphatic rings. The number of rotatable bonds is 5. The zero-order chi connectivity index (χ0) is 23.2. The Morgan fingerprint density at radius 1 is 0.939 bits per heavy atom. The lowest BCUT2D eigenvalue weighted by Gasteiger charge is -2.26. The molecule has 4 rings (SSSR count). The summed E-state index contributed by atoms with van der Waals surface area (Å²) in [7, 11) is 0. The highest BCUT2D eigenvalue weighted by Crippen LogP contribution is 2.25. The van der Waals surface area contributed by atoms with Gasteiger partial charge in [0, 0.05) is 49.5 Å². The molecule has 2 amide bonds. The Morgan fingerprint density at radius 2 is 1.73 bits per heavy atom. The number of carbonyl (C=O) groups is 1. The van der Waals surface area contributed by atoms with Crippen LogP contribution < -0.4 is 10.2 Å². The summed E-state index contributed by atoms with van der Waals surface area (Å²) in [4.78, 5) is 26.7. The Hall–Kier alpha value is -3.41. The summed E-state index contributed by atoms with van der Waals surface area (Å²) in [6.45, 7) is 9.14. The van der Waals surface area contributed by atoms with Gasteiger partial charge in [-0.2, -0.15) is 0 Å². The summed E-state index contributed by atoms with van der Waals surface area (Å²) < 4.78 is 0. The van der Waals surface area contributed by atoms with Crippen LogP contribution in [0.15, 0.2) is 54.6 Å². The zero-order valence-electron chi connectivity index (χ0n) is 19.8. The normalized spacial score (nSPS) is 14.2. The highest BCUT2D eigenvalue weighted by atomic mass is 16.2. The van der Waals surface area contributed by atoms with Crippen molar-refractivity contribution in [2.24, 2.45) is 0 Å². The van der Waals surface area contributed by atoms with E-state index in [4.69, 9.17) is 4.98 Å². The number of urea groups is 1. The molecule has 1 aliphatic heterocycles. The molecule has 0 saturated carbocycles. The van der Waals surface area contributed by atoms with Crippen molar-refractivity contribution in [3.8, 4) is 0 Å². The summed E-state index contributed by atoms with van der Waals surface area (Å²) in [6.07, 6.45) is 2.65. The van der Waals surface area contributed by atoms with Crippen molar-refractivity contribution in [3.05, 3.63) is 82.8 Å². The molecule has 0 unspecified atom stereocenters. The molecule has 1 fully saturated rings. The lowest BCUT2D eigenvalue weighted by Crippen LogP contribution is -2.38. The van der Waals surface area contributed by atoms with E-state index in [1.165, 1.54) is 16.7 Å². The van der Waals surface area contributed by atoms with Crippen molar-refractivity contribution in [1.29, 1.82) is 0 Å². The molecule has 172 valence electrons. The molecular weight excluding hydrogens is 410 g/mol. The average molecular weight is 444 g/mol. The number of nitrogens with one attached hydrogen (secondary N) is 1. The van der Waals surface area contributed by atoms with Crippen LogP contribution in [0.1, 0.15) is 41.6 Å². The summed E-state index contributed by atoms with van der Waals surface area (Å²) in [5.41, 5.74) is 5.51. The number of carbonyl (C=O) groups excluding carboxylic acids is 1. The maximum absolute atomic E-state index is 13.0. The van der Waals surface area contributed by atoms with Gasteiger partial charge in [0.2, 0.25) is 0 Å². The molecule has 1 aromatic heterocycles. The minimum Gasteiger partial charge on any atom is -0.354 e. The van der Waals surface area contributed by atoms with Crippen LogP contribution in [0.2, 0.25) is 0 Å². The highest BCUT2D eigenvalue weighted by molar-refractivity contribution is 5.89. The molecule has 1 saturated heterocycles. The minimum absolute atomic E-state index is 0.0374. The predicted molar refractivity (Wildman–Crippen MR) is 134 cm³/mol. The Labute approximate surface area is 196 Å². The monoisotopic (exact) mass is 443 g/mol. The minimum atomic E-state index is -0.0374. The maximum Gasteiger partial charge on any atom is 0.321 e. The van der Waals surface area contributed by atoms with Gasteiger partial charge in [0.25, 0.3) is 0 Å². The van der Waals surface area contributed by atoms with Crippen molar-refractivity contribution in [3.63, 3.8) is 0 Å². The van der Waals surface area contributed by atoms with Crippen LogP contribution in [0.5, 0.6) is 0 Å². The molecule has 2 aromatic carbocycles. The van der Waals surface area contributed by atoms with Crippen LogP contribution in [-0.4, -0.2) is 47.1 Å². The summed E-state index contributed by atoms with van der Waals surface area (Å²) in [5, 5.41) is 3.07. The van der Waals surface area contributed by atoms with Crippen LogP contribution in [-0.2, 0) is 12.8 Å². The Balaban J connectivity index is 1.48. The fraction of sp³-hybridized carbons (Fsp3) is 0.370. The van der Waals surface area contributed by atoms with Crippen molar-refractivity contribution < 1.29 is 4.79 Å². The highest BCUT2D eigenvalue weighted by Gasteiger charge is 2.23. The molecule has 6 heteroatoms. The number of aryl methyl sites for hydroxylation is 3. The lowest BCUT2D eigenvalue weighted by atomic mass is 10.0. The molecule has 0 aliphatic carbocycles. The number of aromatic nitrogens is 2. The van der Waals surface area contributed by atoms with Gasteiger partial charge < -0.3 is 15.1 Å². The maximum atomic E-state index is 13.0. The molecule has 0 bridgehead atoms. The third-order valence-corrected chi connectivity index (χ3v) is 6.20. The van der Waals surface area contributed by atoms with E-state index in [9.17, 15) is 4.79 Å². The first-order chi connectivity index (χ1) is 16.0. The van der Waals surface area contributed by atoms with Crippen LogP contribution in [0.3, 0.4) is 0 Å². The number of hydrogen-bond donors (Lipinski definition) is 1. The fourth-order valence-corrected chi connectivity index (χ4v) is 4.39. The molecule has 0 atom stereocenters. The van der Waals surface area contributed by atoms with E-state index in [1.54, 1.807) is 0 Å². The van der Waals surface area contributed by atoms with Gasteiger partial charge in [-0.15, -0.1) is 0 Å². The Morgan fingerprint density at radius 3 is 2.52 bits per heavy atom. The van der Waals surface area contributed by atoms with Gasteiger partial charge in [-0.05, 0) is 49.9 Å². The van der Waals surface area contributed by atoms with Crippen molar-refractivity contribution in [2.45, 2.75) is 40.0 Å². The molecule has 6 nitrogen and oxygen atoms in total. The van der Waals surface area contributed by atoms with Crippen molar-refractivity contribution in [2.75, 3.05) is 36.4 Å². The number of amides is 2. The molecule has 0 spiro atoms. The molecule has 1 N–H and O–H groups in total. The van der Waals surface area contributed by atoms with E-state index in [0.717, 1.165) is 61.9 Å². The number of nitrogens with zero attached hydrogens (tertiary/aromatic N) is 4. The molecule has 33 heavy (non-hydrogen) atoms. The topological polar surface area (TPSA) is 61.4 Å². The Kier molecular flexibility index (Phi) is 7.23. The Bertz CT molecular complexity index is 1100. The zero-order valence-corrected chi connectivity index (χ0v) is 19.8. The number of benzene rings is 2. The van der Waals surface area contributed by atoms with E-state index in [0.29, 0.717) is 6.54 Å². The second-order valence-electron chi connectivity index (χ2n) is 8.63. The first-order valence-corrected chi connectivity index (χ1v) is 11.8. The van der Waals surface area contributed by atoms with Crippen LogP contribution in [0, 0.1) is 13.8 Å². The summed E-state index contributed by atoms with van der Waals surface area (Å²) >= 11 is 0. The van der Waals surface area contributed by atoms with Gasteiger partial charge in [-0.1, -0.05) is 49.4 Å². The van der Waals surface area contributed by atoms with E-state index in [2.05, 4.69) is 59.4 Å². The second-order valence-corrected chi connectivity index (χ2v) is 8.63. The van der Waals surface area contributed by atoms with Crippen molar-refractivity contribution in [1.82, 2.24) is 14.9 Å². The molecular formula is C27H33N5O. The summed E-state index contributed by atoms with van der Waals surface area (Å²) in [6, 6.07) is 18.5. The SMILES string of the molecule is CCc1cccc(NC(=O)N2CCCN(c3nc(C)nc(C)c3Cc3ccccc3)CC2)c1. The summed E-state index contributed by atoms with van der Waals surface area (Å²) in [5.74, 6) is 1.79. The van der Waals surface area contributed by atoms with E-state index >= 15 is 0 Å². The van der Waals surface area contributed by atoms with Crippen LogP contribution in [0.25, 0.3) is 0 Å². The third kappa shape index (κ3) is 5.69. The van der Waals surface area contributed by atoms with Gasteiger partial charge in [-0.3, -0.25) is 0 Å². The van der Waals surface area contributed by atoms with E-state index < -0.39 is 0 Å². The first-order valence-electron chi connectivity index (χ1n) is 11.8. The first kappa shape index (κ1) is 22.8. The smallest absolute Gasteiger partial charge is 0.321 e. The largest absolute Gasteiger partial charge is 0.354 e. The average Bonchev–Trinajstić information content (AvgIpc) is 3.08. The molecule has 3 aromatic rings. The lowest BCUT2D eigenvalue weighted by molar-refractivity contribution is 0.215. The van der Waals surface area contributed by atoms with E-state index in [-0.39, 0.29) is 6.03 Å². The fourth-order valence-electron chi connectivity index (χ4n) is 4.39. The van der Waals surface area contributed by atoms with Crippen LogP contribution >= 0.6 is 0 Å². The molecule has 2 heterocycles. The van der Waals surface area contributed by atoms with Crippen LogP contribution in [0.4, 0.5) is 16.3 Å². The second kappa shape index (κ2) is 10.5.